The van der Waals surface area contributed by atoms with Gasteiger partial charge in [-0.1, -0.05) is 12.1 Å². The summed E-state index contributed by atoms with van der Waals surface area (Å²) >= 11 is 0. The molecule has 170 valence electrons. The van der Waals surface area contributed by atoms with Gasteiger partial charge in [-0.3, -0.25) is 9.59 Å². The quantitative estimate of drug-likeness (QED) is 0.568. The highest BCUT2D eigenvalue weighted by atomic mass is 16.5. The van der Waals surface area contributed by atoms with Gasteiger partial charge in [0.2, 0.25) is 5.91 Å². The maximum Gasteiger partial charge on any atom is 0.262 e. The smallest absolute Gasteiger partial charge is 0.262 e. The van der Waals surface area contributed by atoms with Crippen LogP contribution in [0.5, 0.6) is 5.75 Å². The molecule has 2 aromatic carbocycles. The molecule has 2 amide bonds. The van der Waals surface area contributed by atoms with Crippen molar-refractivity contribution >= 4 is 29.0 Å². The molecular weight excluding hydrogens is 418 g/mol. The van der Waals surface area contributed by atoms with Crippen molar-refractivity contribution in [3.05, 3.63) is 60.7 Å². The molecule has 8 heteroatoms. The van der Waals surface area contributed by atoms with E-state index in [4.69, 9.17) is 4.74 Å². The molecule has 0 radical (unpaired) electrons. The standard InChI is InChI=1S/C25H27N5O3/c1-18(31)26-20-9-11-22(12-10-20)33-17-25(32)27-21-7-5-19(6-8-21)23-13-14-24(29-28-23)30-15-3-2-4-16-30/h5-14H,2-4,15-17H2,1H3,(H,26,31)(H,27,32). The second kappa shape index (κ2) is 10.6. The molecule has 0 atom stereocenters. The van der Waals surface area contributed by atoms with Gasteiger partial charge in [0, 0.05) is 37.0 Å². The van der Waals surface area contributed by atoms with Crippen LogP contribution in [0, 0.1) is 0 Å². The summed E-state index contributed by atoms with van der Waals surface area (Å²) in [6.07, 6.45) is 3.68. The molecule has 0 unspecified atom stereocenters. The second-order valence-electron chi connectivity index (χ2n) is 7.94. The molecule has 1 aromatic heterocycles. The SMILES string of the molecule is CC(=O)Nc1ccc(OCC(=O)Nc2ccc(-c3ccc(N4CCCCC4)nn3)cc2)cc1. The Bertz CT molecular complexity index is 1080. The van der Waals surface area contributed by atoms with E-state index in [1.54, 1.807) is 24.3 Å². The molecule has 0 spiro atoms. The maximum absolute atomic E-state index is 12.2. The normalized spacial score (nSPS) is 13.3. The van der Waals surface area contributed by atoms with E-state index in [2.05, 4.69) is 25.7 Å². The average molecular weight is 446 g/mol. The topological polar surface area (TPSA) is 96.4 Å². The van der Waals surface area contributed by atoms with E-state index in [9.17, 15) is 9.59 Å². The summed E-state index contributed by atoms with van der Waals surface area (Å²) in [5.41, 5.74) is 3.07. The molecule has 0 bridgehead atoms. The first-order valence-corrected chi connectivity index (χ1v) is 11.1. The lowest BCUT2D eigenvalue weighted by atomic mass is 10.1. The third kappa shape index (κ3) is 6.29. The molecule has 2 heterocycles. The number of amides is 2. The Hall–Kier alpha value is -3.94. The van der Waals surface area contributed by atoms with E-state index in [0.29, 0.717) is 17.1 Å². The van der Waals surface area contributed by atoms with Crippen LogP contribution in [0.15, 0.2) is 60.7 Å². The number of rotatable bonds is 7. The van der Waals surface area contributed by atoms with Gasteiger partial charge in [-0.2, -0.15) is 0 Å². The minimum Gasteiger partial charge on any atom is -0.484 e. The van der Waals surface area contributed by atoms with Crippen LogP contribution in [0.3, 0.4) is 0 Å². The molecule has 2 N–H and O–H groups in total. The molecule has 33 heavy (non-hydrogen) atoms. The number of ether oxygens (including phenoxy) is 1. The van der Waals surface area contributed by atoms with E-state index >= 15 is 0 Å². The van der Waals surface area contributed by atoms with Crippen molar-refractivity contribution in [2.75, 3.05) is 35.2 Å². The van der Waals surface area contributed by atoms with Crippen molar-refractivity contribution in [2.45, 2.75) is 26.2 Å². The van der Waals surface area contributed by atoms with Crippen LogP contribution in [0.25, 0.3) is 11.3 Å². The highest BCUT2D eigenvalue weighted by molar-refractivity contribution is 5.92. The monoisotopic (exact) mass is 445 g/mol. The van der Waals surface area contributed by atoms with Gasteiger partial charge < -0.3 is 20.3 Å². The second-order valence-corrected chi connectivity index (χ2v) is 7.94. The number of anilines is 3. The van der Waals surface area contributed by atoms with Crippen molar-refractivity contribution in [1.82, 2.24) is 10.2 Å². The largest absolute Gasteiger partial charge is 0.484 e. The van der Waals surface area contributed by atoms with Crippen LogP contribution in [0.1, 0.15) is 26.2 Å². The molecule has 0 aliphatic carbocycles. The fraction of sp³-hybridized carbons (Fsp3) is 0.280. The third-order valence-corrected chi connectivity index (χ3v) is 5.34. The summed E-state index contributed by atoms with van der Waals surface area (Å²) in [5.74, 6) is 1.06. The number of piperidine rings is 1. The summed E-state index contributed by atoms with van der Waals surface area (Å²) < 4.78 is 5.51. The predicted molar refractivity (Wildman–Crippen MR) is 128 cm³/mol. The number of nitrogens with one attached hydrogen (secondary N) is 2. The van der Waals surface area contributed by atoms with Gasteiger partial charge in [-0.25, -0.2) is 0 Å². The Balaban J connectivity index is 1.28. The minimum atomic E-state index is -0.264. The maximum atomic E-state index is 12.2. The first kappa shape index (κ1) is 22.3. The van der Waals surface area contributed by atoms with Crippen LogP contribution >= 0.6 is 0 Å². The number of hydrogen-bond acceptors (Lipinski definition) is 6. The molecule has 1 saturated heterocycles. The van der Waals surface area contributed by atoms with Crippen molar-refractivity contribution in [2.24, 2.45) is 0 Å². The number of carbonyl (C=O) groups excluding carboxylic acids is 2. The number of benzene rings is 2. The fourth-order valence-corrected chi connectivity index (χ4v) is 3.68. The van der Waals surface area contributed by atoms with E-state index in [0.717, 1.165) is 30.2 Å². The van der Waals surface area contributed by atoms with Crippen LogP contribution in [-0.4, -0.2) is 41.7 Å². The summed E-state index contributed by atoms with van der Waals surface area (Å²) in [5, 5.41) is 14.3. The Morgan fingerprint density at radius 1 is 0.848 bits per heavy atom. The van der Waals surface area contributed by atoms with Gasteiger partial charge >= 0.3 is 0 Å². The van der Waals surface area contributed by atoms with Crippen molar-refractivity contribution in [3.63, 3.8) is 0 Å². The van der Waals surface area contributed by atoms with Crippen LogP contribution in [-0.2, 0) is 9.59 Å². The molecule has 8 nitrogen and oxygen atoms in total. The van der Waals surface area contributed by atoms with E-state index in [1.807, 2.05) is 36.4 Å². The van der Waals surface area contributed by atoms with Crippen LogP contribution in [0.2, 0.25) is 0 Å². The number of hydrogen-bond donors (Lipinski definition) is 2. The predicted octanol–water partition coefficient (Wildman–Crippen LogP) is 4.11. The Morgan fingerprint density at radius 3 is 2.15 bits per heavy atom. The third-order valence-electron chi connectivity index (χ3n) is 5.34. The molecule has 1 aliphatic rings. The zero-order valence-corrected chi connectivity index (χ0v) is 18.6. The Morgan fingerprint density at radius 2 is 1.52 bits per heavy atom. The number of aromatic nitrogens is 2. The molecule has 1 aliphatic heterocycles. The lowest BCUT2D eigenvalue weighted by Gasteiger charge is -2.27. The zero-order valence-electron chi connectivity index (χ0n) is 18.6. The highest BCUT2D eigenvalue weighted by Crippen LogP contribution is 2.22. The van der Waals surface area contributed by atoms with Crippen LogP contribution in [0.4, 0.5) is 17.2 Å². The fourth-order valence-electron chi connectivity index (χ4n) is 3.68. The molecule has 0 saturated carbocycles. The van der Waals surface area contributed by atoms with Gasteiger partial charge in [0.25, 0.3) is 5.91 Å². The zero-order chi connectivity index (χ0) is 23.0. The van der Waals surface area contributed by atoms with Gasteiger partial charge in [0.1, 0.15) is 5.75 Å². The lowest BCUT2D eigenvalue weighted by Crippen LogP contribution is -2.30. The summed E-state index contributed by atoms with van der Waals surface area (Å²) in [6.45, 7) is 3.40. The van der Waals surface area contributed by atoms with E-state index in [1.165, 1.54) is 26.2 Å². The van der Waals surface area contributed by atoms with Gasteiger partial charge in [0.15, 0.2) is 12.4 Å². The molecule has 1 fully saturated rings. The average Bonchev–Trinajstić information content (AvgIpc) is 2.84. The Kier molecular flexibility index (Phi) is 7.14. The summed E-state index contributed by atoms with van der Waals surface area (Å²) in [7, 11) is 0. The van der Waals surface area contributed by atoms with Gasteiger partial charge in [0.05, 0.1) is 5.69 Å². The van der Waals surface area contributed by atoms with Crippen LogP contribution < -0.4 is 20.3 Å². The molecular formula is C25H27N5O3. The minimum absolute atomic E-state index is 0.120. The van der Waals surface area contributed by atoms with E-state index < -0.39 is 0 Å². The molecule has 3 aromatic rings. The summed E-state index contributed by atoms with van der Waals surface area (Å²) in [6, 6.07) is 18.3. The highest BCUT2D eigenvalue weighted by Gasteiger charge is 2.13. The van der Waals surface area contributed by atoms with Crippen molar-refractivity contribution in [3.8, 4) is 17.0 Å². The number of nitrogens with zero attached hydrogens (tertiary/aromatic N) is 3. The van der Waals surface area contributed by atoms with E-state index in [-0.39, 0.29) is 18.4 Å². The van der Waals surface area contributed by atoms with Gasteiger partial charge in [-0.15, -0.1) is 10.2 Å². The first-order valence-electron chi connectivity index (χ1n) is 11.1. The molecule has 4 rings (SSSR count). The van der Waals surface area contributed by atoms with Gasteiger partial charge in [-0.05, 0) is 67.8 Å². The number of carbonyl (C=O) groups is 2. The van der Waals surface area contributed by atoms with Crippen molar-refractivity contribution < 1.29 is 14.3 Å². The Labute approximate surface area is 193 Å². The lowest BCUT2D eigenvalue weighted by molar-refractivity contribution is -0.118. The first-order chi connectivity index (χ1) is 16.1. The summed E-state index contributed by atoms with van der Waals surface area (Å²) in [4.78, 5) is 25.6. The van der Waals surface area contributed by atoms with Crippen molar-refractivity contribution in [1.29, 1.82) is 0 Å².